The Hall–Kier alpha value is -0.700. The van der Waals surface area contributed by atoms with Crippen molar-refractivity contribution in [2.45, 2.75) is 44.9 Å². The van der Waals surface area contributed by atoms with Gasteiger partial charge in [-0.05, 0) is 31.6 Å². The van der Waals surface area contributed by atoms with Crippen LogP contribution in [0.2, 0.25) is 0 Å². The minimum absolute atomic E-state index is 0.0312. The highest BCUT2D eigenvalue weighted by Gasteiger charge is 2.32. The molecule has 2 saturated heterocycles. The van der Waals surface area contributed by atoms with Crippen molar-refractivity contribution in [2.75, 3.05) is 32.8 Å². The zero-order chi connectivity index (χ0) is 16.7. The van der Waals surface area contributed by atoms with E-state index in [0.29, 0.717) is 39.1 Å². The summed E-state index contributed by atoms with van der Waals surface area (Å²) >= 11 is 0. The fourth-order valence-corrected chi connectivity index (χ4v) is 4.63. The number of hydrogen-bond donors (Lipinski definition) is 2. The summed E-state index contributed by atoms with van der Waals surface area (Å²) in [4.78, 5) is 11.5. The molecule has 1 unspecified atom stereocenters. The average molecular weight is 348 g/mol. The van der Waals surface area contributed by atoms with E-state index in [1.165, 1.54) is 4.31 Å². The van der Waals surface area contributed by atoms with Gasteiger partial charge >= 0.3 is 5.97 Å². The van der Waals surface area contributed by atoms with Crippen LogP contribution in [0.25, 0.3) is 0 Å². The van der Waals surface area contributed by atoms with Gasteiger partial charge in [0.1, 0.15) is 0 Å². The fraction of sp³-hybridized carbons (Fsp3) is 0.933. The van der Waals surface area contributed by atoms with Gasteiger partial charge in [-0.15, -0.1) is 0 Å². The first-order chi connectivity index (χ1) is 11.0. The van der Waals surface area contributed by atoms with Crippen molar-refractivity contribution in [3.63, 3.8) is 0 Å². The second-order valence-corrected chi connectivity index (χ2v) is 8.17. The number of carbonyl (C=O) groups is 1. The Bertz CT molecular complexity index is 468. The highest BCUT2D eigenvalue weighted by molar-refractivity contribution is 7.87. The Labute approximate surface area is 138 Å². The van der Waals surface area contributed by atoms with Gasteiger partial charge < -0.3 is 9.84 Å². The molecule has 0 aromatic carbocycles. The van der Waals surface area contributed by atoms with Crippen molar-refractivity contribution in [3.8, 4) is 0 Å². The Balaban J connectivity index is 1.93. The molecule has 134 valence electrons. The van der Waals surface area contributed by atoms with Crippen LogP contribution < -0.4 is 4.72 Å². The van der Waals surface area contributed by atoms with E-state index >= 15 is 0 Å². The maximum atomic E-state index is 12.5. The molecular weight excluding hydrogens is 320 g/mol. The molecule has 7 nitrogen and oxygen atoms in total. The van der Waals surface area contributed by atoms with Crippen LogP contribution in [0.3, 0.4) is 0 Å². The van der Waals surface area contributed by atoms with Crippen LogP contribution in [-0.4, -0.2) is 56.6 Å². The van der Waals surface area contributed by atoms with Gasteiger partial charge in [0.2, 0.25) is 0 Å². The molecule has 0 bridgehead atoms. The SMILES string of the molecule is O=C(O)C(CNS(=O)(=O)N1CCCCCCC1)C1CCOCC1. The van der Waals surface area contributed by atoms with Gasteiger partial charge in [-0.1, -0.05) is 19.3 Å². The maximum Gasteiger partial charge on any atom is 0.308 e. The first-order valence-electron chi connectivity index (χ1n) is 8.56. The molecule has 0 aromatic heterocycles. The molecule has 2 rings (SSSR count). The van der Waals surface area contributed by atoms with E-state index in [2.05, 4.69) is 4.72 Å². The molecule has 0 amide bonds. The summed E-state index contributed by atoms with van der Waals surface area (Å²) in [6, 6.07) is 0. The number of hydrogen-bond acceptors (Lipinski definition) is 4. The lowest BCUT2D eigenvalue weighted by Crippen LogP contribution is -2.46. The third kappa shape index (κ3) is 5.70. The monoisotopic (exact) mass is 348 g/mol. The number of nitrogens with zero attached hydrogens (tertiary/aromatic N) is 1. The average Bonchev–Trinajstić information content (AvgIpc) is 2.47. The molecule has 2 N–H and O–H groups in total. The summed E-state index contributed by atoms with van der Waals surface area (Å²) in [6.45, 7) is 2.09. The maximum absolute atomic E-state index is 12.5. The molecule has 2 aliphatic rings. The first-order valence-corrected chi connectivity index (χ1v) is 10.00. The molecule has 2 fully saturated rings. The van der Waals surface area contributed by atoms with Crippen LogP contribution >= 0.6 is 0 Å². The standard InChI is InChI=1S/C15H28N2O5S/c18-15(19)14(13-6-10-22-11-7-13)12-16-23(20,21)17-8-4-2-1-3-5-9-17/h13-14,16H,1-12H2,(H,18,19). The Morgan fingerprint density at radius 1 is 1.13 bits per heavy atom. The Morgan fingerprint density at radius 2 is 1.70 bits per heavy atom. The predicted octanol–water partition coefficient (Wildman–Crippen LogP) is 1.21. The second kappa shape index (κ2) is 8.96. The molecular formula is C15H28N2O5S. The van der Waals surface area contributed by atoms with Gasteiger partial charge in [-0.25, -0.2) is 4.72 Å². The molecule has 0 aliphatic carbocycles. The number of carboxylic acid groups (broad SMARTS) is 1. The number of carboxylic acids is 1. The number of ether oxygens (including phenoxy) is 1. The van der Waals surface area contributed by atoms with Crippen LogP contribution in [0.4, 0.5) is 0 Å². The van der Waals surface area contributed by atoms with Gasteiger partial charge in [-0.3, -0.25) is 4.79 Å². The van der Waals surface area contributed by atoms with E-state index in [9.17, 15) is 18.3 Å². The smallest absolute Gasteiger partial charge is 0.308 e. The van der Waals surface area contributed by atoms with E-state index < -0.39 is 22.1 Å². The van der Waals surface area contributed by atoms with Crippen LogP contribution in [0.1, 0.15) is 44.9 Å². The Morgan fingerprint density at radius 3 is 2.26 bits per heavy atom. The quantitative estimate of drug-likeness (QED) is 0.752. The summed E-state index contributed by atoms with van der Waals surface area (Å²) in [5.74, 6) is -1.66. The van der Waals surface area contributed by atoms with Crippen molar-refractivity contribution >= 4 is 16.2 Å². The zero-order valence-electron chi connectivity index (χ0n) is 13.6. The largest absolute Gasteiger partial charge is 0.481 e. The van der Waals surface area contributed by atoms with E-state index in [-0.39, 0.29) is 12.5 Å². The van der Waals surface area contributed by atoms with Crippen LogP contribution in [0.5, 0.6) is 0 Å². The zero-order valence-corrected chi connectivity index (χ0v) is 14.4. The van der Waals surface area contributed by atoms with Gasteiger partial charge in [0.15, 0.2) is 0 Å². The van der Waals surface area contributed by atoms with Crippen molar-refractivity contribution in [3.05, 3.63) is 0 Å². The molecule has 23 heavy (non-hydrogen) atoms. The summed E-state index contributed by atoms with van der Waals surface area (Å²) in [7, 11) is -3.60. The molecule has 2 heterocycles. The van der Waals surface area contributed by atoms with E-state index in [1.54, 1.807) is 0 Å². The van der Waals surface area contributed by atoms with Crippen molar-refractivity contribution < 1.29 is 23.1 Å². The number of rotatable bonds is 6. The van der Waals surface area contributed by atoms with E-state index in [1.807, 2.05) is 0 Å². The van der Waals surface area contributed by atoms with Crippen LogP contribution in [0.15, 0.2) is 0 Å². The molecule has 0 saturated carbocycles. The normalized spacial score (nSPS) is 23.8. The van der Waals surface area contributed by atoms with Crippen molar-refractivity contribution in [1.29, 1.82) is 0 Å². The van der Waals surface area contributed by atoms with Gasteiger partial charge in [0.25, 0.3) is 10.2 Å². The van der Waals surface area contributed by atoms with Gasteiger partial charge in [0, 0.05) is 32.8 Å². The highest BCUT2D eigenvalue weighted by atomic mass is 32.2. The molecule has 0 radical (unpaired) electrons. The van der Waals surface area contributed by atoms with Crippen LogP contribution in [0, 0.1) is 11.8 Å². The van der Waals surface area contributed by atoms with E-state index in [4.69, 9.17) is 4.74 Å². The molecule has 0 aromatic rings. The molecule has 0 spiro atoms. The topological polar surface area (TPSA) is 95.9 Å². The lowest BCUT2D eigenvalue weighted by Gasteiger charge is -2.29. The summed E-state index contributed by atoms with van der Waals surface area (Å²) < 4.78 is 34.2. The third-order valence-corrected chi connectivity index (χ3v) is 6.37. The van der Waals surface area contributed by atoms with Crippen LogP contribution in [-0.2, 0) is 19.7 Å². The van der Waals surface area contributed by atoms with Crippen molar-refractivity contribution in [1.82, 2.24) is 9.03 Å². The lowest BCUT2D eigenvalue weighted by atomic mass is 9.86. The summed E-state index contributed by atoms with van der Waals surface area (Å²) in [6.07, 6.45) is 6.32. The minimum atomic E-state index is -3.60. The molecule has 8 heteroatoms. The fourth-order valence-electron chi connectivity index (χ4n) is 3.32. The number of nitrogens with one attached hydrogen (secondary N) is 1. The Kier molecular flexibility index (Phi) is 7.26. The lowest BCUT2D eigenvalue weighted by molar-refractivity contribution is -0.144. The number of aliphatic carboxylic acids is 1. The predicted molar refractivity (Wildman–Crippen MR) is 86.2 cm³/mol. The summed E-state index contributed by atoms with van der Waals surface area (Å²) in [5, 5.41) is 9.43. The molecule has 1 atom stereocenters. The second-order valence-electron chi connectivity index (χ2n) is 6.41. The van der Waals surface area contributed by atoms with Crippen molar-refractivity contribution in [2.24, 2.45) is 11.8 Å². The minimum Gasteiger partial charge on any atom is -0.481 e. The molecule has 2 aliphatic heterocycles. The van der Waals surface area contributed by atoms with E-state index in [0.717, 1.165) is 32.1 Å². The van der Waals surface area contributed by atoms with Gasteiger partial charge in [0.05, 0.1) is 5.92 Å². The highest BCUT2D eigenvalue weighted by Crippen LogP contribution is 2.24. The van der Waals surface area contributed by atoms with Gasteiger partial charge in [-0.2, -0.15) is 12.7 Å². The first kappa shape index (κ1) is 18.6. The third-order valence-electron chi connectivity index (χ3n) is 4.79. The summed E-state index contributed by atoms with van der Waals surface area (Å²) in [5.41, 5.74) is 0.